The van der Waals surface area contributed by atoms with Gasteiger partial charge >= 0.3 is 0 Å². The molecule has 0 radical (unpaired) electrons. The van der Waals surface area contributed by atoms with E-state index >= 15 is 0 Å². The number of hydrogen-bond acceptors (Lipinski definition) is 6. The summed E-state index contributed by atoms with van der Waals surface area (Å²) in [7, 11) is 1.60. The van der Waals surface area contributed by atoms with E-state index in [1.54, 1.807) is 18.4 Å². The van der Waals surface area contributed by atoms with Crippen LogP contribution in [0.4, 0.5) is 0 Å². The van der Waals surface area contributed by atoms with E-state index in [0.29, 0.717) is 30.5 Å². The Morgan fingerprint density at radius 1 is 1.00 bits per heavy atom. The lowest BCUT2D eigenvalue weighted by Crippen LogP contribution is -2.11. The zero-order valence-corrected chi connectivity index (χ0v) is 19.6. The number of benzene rings is 2. The van der Waals surface area contributed by atoms with Gasteiger partial charge in [-0.05, 0) is 68.0 Å². The first-order valence-electron chi connectivity index (χ1n) is 11.2. The third-order valence-electron chi connectivity index (χ3n) is 5.95. The molecule has 1 aliphatic carbocycles. The molecular formula is C26H26N2O4S. The Morgan fingerprint density at radius 2 is 1.79 bits per heavy atom. The van der Waals surface area contributed by atoms with Gasteiger partial charge in [0.15, 0.2) is 11.5 Å². The van der Waals surface area contributed by atoms with Gasteiger partial charge in [0.05, 0.1) is 12.5 Å². The van der Waals surface area contributed by atoms with E-state index < -0.39 is 0 Å². The van der Waals surface area contributed by atoms with Crippen LogP contribution in [-0.2, 0) is 12.8 Å². The monoisotopic (exact) mass is 462 g/mol. The predicted octanol–water partition coefficient (Wildman–Crippen LogP) is 5.31. The first-order chi connectivity index (χ1) is 16.1. The summed E-state index contributed by atoms with van der Waals surface area (Å²) in [6.07, 6.45) is 4.32. The second kappa shape index (κ2) is 9.27. The number of methoxy groups -OCH3 is 1. The predicted molar refractivity (Wildman–Crippen MR) is 131 cm³/mol. The second-order valence-electron chi connectivity index (χ2n) is 8.13. The van der Waals surface area contributed by atoms with Crippen LogP contribution in [0.5, 0.6) is 17.2 Å². The molecule has 0 atom stereocenters. The number of fused-ring (bicyclic) bond motifs is 3. The van der Waals surface area contributed by atoms with Gasteiger partial charge in [-0.25, -0.2) is 4.98 Å². The summed E-state index contributed by atoms with van der Waals surface area (Å²) in [5, 5.41) is 0.763. The lowest BCUT2D eigenvalue weighted by atomic mass is 9.97. The maximum absolute atomic E-state index is 12.9. The van der Waals surface area contributed by atoms with Gasteiger partial charge < -0.3 is 19.2 Å². The van der Waals surface area contributed by atoms with Crippen LogP contribution < -0.4 is 19.8 Å². The largest absolute Gasteiger partial charge is 0.493 e. The Morgan fingerprint density at radius 3 is 2.61 bits per heavy atom. The fourth-order valence-electron chi connectivity index (χ4n) is 4.26. The highest BCUT2D eigenvalue weighted by Crippen LogP contribution is 2.35. The van der Waals surface area contributed by atoms with E-state index in [4.69, 9.17) is 19.2 Å². The van der Waals surface area contributed by atoms with Crippen molar-refractivity contribution >= 4 is 21.6 Å². The van der Waals surface area contributed by atoms with Crippen LogP contribution in [0, 0.1) is 6.92 Å². The molecule has 7 heteroatoms. The van der Waals surface area contributed by atoms with Gasteiger partial charge in [0, 0.05) is 10.4 Å². The number of aromatic amines is 1. The van der Waals surface area contributed by atoms with Crippen LogP contribution >= 0.6 is 11.3 Å². The standard InChI is InChI=1S/C26H26N2O4S/c1-16-7-3-5-9-19(16)31-13-14-32-20-12-11-17(15-21(20)30-2)24-27-25(29)23-18-8-4-6-10-22(18)33-26(23)28-24/h3,5,7,9,11-12,15H,4,6,8,10,13-14H2,1-2H3,(H,27,28,29). The smallest absolute Gasteiger partial charge is 0.260 e. The highest BCUT2D eigenvalue weighted by Gasteiger charge is 2.20. The third kappa shape index (κ3) is 4.33. The number of aromatic nitrogens is 2. The number of thiophene rings is 1. The van der Waals surface area contributed by atoms with Gasteiger partial charge in [-0.1, -0.05) is 18.2 Å². The summed E-state index contributed by atoms with van der Waals surface area (Å²) in [5.74, 6) is 2.59. The molecule has 2 aromatic heterocycles. The fraction of sp³-hybridized carbons (Fsp3) is 0.308. The van der Waals surface area contributed by atoms with E-state index in [1.165, 1.54) is 16.9 Å². The molecule has 2 heterocycles. The first-order valence-corrected chi connectivity index (χ1v) is 12.0. The highest BCUT2D eigenvalue weighted by molar-refractivity contribution is 7.18. The summed E-state index contributed by atoms with van der Waals surface area (Å²) in [6.45, 7) is 2.81. The molecule has 1 N–H and O–H groups in total. The quantitative estimate of drug-likeness (QED) is 0.377. The van der Waals surface area contributed by atoms with Crippen LogP contribution in [0.1, 0.15) is 28.8 Å². The maximum Gasteiger partial charge on any atom is 0.260 e. The average Bonchev–Trinajstić information content (AvgIpc) is 3.22. The number of hydrogen-bond donors (Lipinski definition) is 1. The third-order valence-corrected chi connectivity index (χ3v) is 7.14. The summed E-state index contributed by atoms with van der Waals surface area (Å²) < 4.78 is 17.2. The summed E-state index contributed by atoms with van der Waals surface area (Å²) in [5.41, 5.74) is 2.99. The van der Waals surface area contributed by atoms with Gasteiger partial charge in [-0.2, -0.15) is 0 Å². The Labute approximate surface area is 196 Å². The van der Waals surface area contributed by atoms with Gasteiger partial charge in [0.2, 0.25) is 0 Å². The van der Waals surface area contributed by atoms with E-state index in [2.05, 4.69) is 4.98 Å². The van der Waals surface area contributed by atoms with Crippen molar-refractivity contribution in [3.05, 3.63) is 68.8 Å². The number of para-hydroxylation sites is 1. The Kier molecular flexibility index (Phi) is 6.05. The van der Waals surface area contributed by atoms with Crippen molar-refractivity contribution in [1.29, 1.82) is 0 Å². The van der Waals surface area contributed by atoms with E-state index in [1.807, 2.05) is 49.4 Å². The molecule has 0 saturated heterocycles. The number of rotatable bonds is 7. The van der Waals surface area contributed by atoms with Crippen molar-refractivity contribution < 1.29 is 14.2 Å². The van der Waals surface area contributed by atoms with Crippen LogP contribution in [0.25, 0.3) is 21.6 Å². The topological polar surface area (TPSA) is 73.4 Å². The molecule has 2 aromatic carbocycles. The molecule has 1 aliphatic rings. The number of ether oxygens (including phenoxy) is 3. The van der Waals surface area contributed by atoms with Gasteiger partial charge in [0.1, 0.15) is 29.6 Å². The highest BCUT2D eigenvalue weighted by atomic mass is 32.1. The zero-order valence-electron chi connectivity index (χ0n) is 18.8. The number of nitrogens with one attached hydrogen (secondary N) is 1. The lowest BCUT2D eigenvalue weighted by Gasteiger charge is -2.13. The van der Waals surface area contributed by atoms with Crippen LogP contribution in [0.2, 0.25) is 0 Å². The first kappa shape index (κ1) is 21.5. The van der Waals surface area contributed by atoms with E-state index in [-0.39, 0.29) is 5.56 Å². The fourth-order valence-corrected chi connectivity index (χ4v) is 5.52. The van der Waals surface area contributed by atoms with Gasteiger partial charge in [-0.15, -0.1) is 11.3 Å². The molecule has 6 nitrogen and oxygen atoms in total. The van der Waals surface area contributed by atoms with Crippen LogP contribution in [0.3, 0.4) is 0 Å². The SMILES string of the molecule is COc1cc(-c2nc3sc4c(c3c(=O)[nH]2)CCCC4)ccc1OCCOc1ccccc1C. The molecule has 170 valence electrons. The number of nitrogens with zero attached hydrogens (tertiary/aromatic N) is 1. The molecular weight excluding hydrogens is 436 g/mol. The lowest BCUT2D eigenvalue weighted by molar-refractivity contribution is 0.210. The minimum Gasteiger partial charge on any atom is -0.493 e. The van der Waals surface area contributed by atoms with Crippen molar-refractivity contribution in [2.75, 3.05) is 20.3 Å². The molecule has 0 fully saturated rings. The summed E-state index contributed by atoms with van der Waals surface area (Å²) in [6, 6.07) is 13.5. The normalized spacial score (nSPS) is 13.0. The van der Waals surface area contributed by atoms with Gasteiger partial charge in [0.25, 0.3) is 5.56 Å². The summed E-state index contributed by atoms with van der Waals surface area (Å²) in [4.78, 5) is 22.8. The van der Waals surface area contributed by atoms with Crippen LogP contribution in [0.15, 0.2) is 47.3 Å². The van der Waals surface area contributed by atoms with Gasteiger partial charge in [-0.3, -0.25) is 4.79 Å². The zero-order chi connectivity index (χ0) is 22.8. The minimum absolute atomic E-state index is 0.0675. The molecule has 0 saturated carbocycles. The molecule has 0 spiro atoms. The molecule has 0 aliphatic heterocycles. The van der Waals surface area contributed by atoms with Crippen molar-refractivity contribution in [3.8, 4) is 28.6 Å². The molecule has 0 bridgehead atoms. The van der Waals surface area contributed by atoms with Crippen molar-refractivity contribution in [2.24, 2.45) is 0 Å². The molecule has 4 aromatic rings. The Bertz CT molecular complexity index is 1360. The Hall–Kier alpha value is -3.32. The number of H-pyrrole nitrogens is 1. The summed E-state index contributed by atoms with van der Waals surface area (Å²) >= 11 is 1.65. The second-order valence-corrected chi connectivity index (χ2v) is 9.22. The van der Waals surface area contributed by atoms with Crippen molar-refractivity contribution in [1.82, 2.24) is 9.97 Å². The minimum atomic E-state index is -0.0675. The molecule has 0 amide bonds. The van der Waals surface area contributed by atoms with E-state index in [9.17, 15) is 4.79 Å². The van der Waals surface area contributed by atoms with E-state index in [0.717, 1.165) is 46.4 Å². The van der Waals surface area contributed by atoms with Crippen molar-refractivity contribution in [2.45, 2.75) is 32.6 Å². The Balaban J connectivity index is 1.34. The molecule has 5 rings (SSSR count). The van der Waals surface area contributed by atoms with Crippen LogP contribution in [-0.4, -0.2) is 30.3 Å². The maximum atomic E-state index is 12.9. The van der Waals surface area contributed by atoms with Crippen molar-refractivity contribution in [3.63, 3.8) is 0 Å². The average molecular weight is 463 g/mol. The number of aryl methyl sites for hydroxylation is 3. The molecule has 33 heavy (non-hydrogen) atoms. The molecule has 0 unspecified atom stereocenters.